The van der Waals surface area contributed by atoms with Gasteiger partial charge in [0, 0.05) is 18.0 Å². The van der Waals surface area contributed by atoms with E-state index in [9.17, 15) is 9.50 Å². The van der Waals surface area contributed by atoms with Crippen molar-refractivity contribution in [1.82, 2.24) is 0 Å². The number of allylic oxidation sites excluding steroid dienone is 1. The van der Waals surface area contributed by atoms with Crippen LogP contribution in [0.1, 0.15) is 23.7 Å². The number of aryl methyl sites for hydroxylation is 1. The molecule has 1 N–H and O–H groups in total. The number of benzene rings is 2. The Morgan fingerprint density at radius 1 is 1.26 bits per heavy atom. The molecule has 0 amide bonds. The molecule has 19 heavy (non-hydrogen) atoms. The van der Waals surface area contributed by atoms with Crippen molar-refractivity contribution in [2.75, 3.05) is 0 Å². The first-order valence-electron chi connectivity index (χ1n) is 6.26. The molecule has 0 aromatic heterocycles. The molecule has 1 unspecified atom stereocenters. The van der Waals surface area contributed by atoms with Crippen LogP contribution in [0.15, 0.2) is 47.6 Å². The summed E-state index contributed by atoms with van der Waals surface area (Å²) in [5.41, 5.74) is 2.38. The van der Waals surface area contributed by atoms with Crippen LogP contribution in [0.2, 0.25) is 0 Å². The number of hydrogen-bond acceptors (Lipinski definition) is 2. The molecule has 3 heteroatoms. The number of aliphatic imine (C=N–C) groups is 1. The fourth-order valence-electron chi connectivity index (χ4n) is 2.55. The molecular weight excluding hydrogens is 241 g/mol. The lowest BCUT2D eigenvalue weighted by Gasteiger charge is -2.16. The van der Waals surface area contributed by atoms with E-state index in [1.54, 1.807) is 18.3 Å². The lowest BCUT2D eigenvalue weighted by Crippen LogP contribution is -2.10. The van der Waals surface area contributed by atoms with Gasteiger partial charge in [-0.15, -0.1) is 0 Å². The number of nitrogens with zero attached hydrogens (tertiary/aromatic N) is 1. The van der Waals surface area contributed by atoms with E-state index in [0.29, 0.717) is 17.5 Å². The van der Waals surface area contributed by atoms with E-state index in [1.165, 1.54) is 6.07 Å². The molecular formula is C16H14FNO. The van der Waals surface area contributed by atoms with Crippen LogP contribution >= 0.6 is 0 Å². The maximum absolute atomic E-state index is 13.9. The second kappa shape index (κ2) is 4.59. The largest absolute Gasteiger partial charge is 0.382 e. The van der Waals surface area contributed by atoms with Crippen molar-refractivity contribution >= 4 is 16.5 Å². The van der Waals surface area contributed by atoms with Crippen molar-refractivity contribution in [3.8, 4) is 0 Å². The highest BCUT2D eigenvalue weighted by atomic mass is 19.1. The summed E-state index contributed by atoms with van der Waals surface area (Å²) in [7, 11) is 0. The first-order valence-corrected chi connectivity index (χ1v) is 6.26. The molecule has 1 atom stereocenters. The van der Waals surface area contributed by atoms with Gasteiger partial charge in [-0.25, -0.2) is 4.39 Å². The quantitative estimate of drug-likeness (QED) is 0.872. The predicted octanol–water partition coefficient (Wildman–Crippen LogP) is 3.68. The first-order chi connectivity index (χ1) is 9.18. The molecule has 2 nitrogen and oxygen atoms in total. The normalized spacial score (nSPS) is 15.8. The smallest absolute Gasteiger partial charge is 0.131 e. The van der Waals surface area contributed by atoms with Gasteiger partial charge in [-0.3, -0.25) is 4.99 Å². The van der Waals surface area contributed by atoms with Gasteiger partial charge in [-0.1, -0.05) is 30.3 Å². The molecule has 0 saturated heterocycles. The Morgan fingerprint density at radius 3 is 2.84 bits per heavy atom. The SMILES string of the molecule is Cc1cccc2c(F)ccc(C(O)C3=NC=CC3)c12. The predicted molar refractivity (Wildman–Crippen MR) is 74.8 cm³/mol. The van der Waals surface area contributed by atoms with Crippen LogP contribution in [0.5, 0.6) is 0 Å². The number of aliphatic hydroxyl groups excluding tert-OH is 1. The van der Waals surface area contributed by atoms with Gasteiger partial charge in [0.05, 0.1) is 5.71 Å². The lowest BCUT2D eigenvalue weighted by atomic mass is 9.94. The standard InChI is InChI=1S/C16H14FNO/c1-10-4-2-5-11-13(17)8-7-12(15(10)11)16(19)14-6-3-9-18-14/h2-5,7-9,16,19H,6H2,1H3. The Balaban J connectivity index is 2.21. The molecule has 0 fully saturated rings. The van der Waals surface area contributed by atoms with Gasteiger partial charge < -0.3 is 5.11 Å². The monoisotopic (exact) mass is 255 g/mol. The molecule has 0 bridgehead atoms. The first kappa shape index (κ1) is 12.1. The summed E-state index contributed by atoms with van der Waals surface area (Å²) in [6, 6.07) is 8.54. The van der Waals surface area contributed by atoms with Crippen LogP contribution in [0, 0.1) is 12.7 Å². The fraction of sp³-hybridized carbons (Fsp3) is 0.188. The van der Waals surface area contributed by atoms with Gasteiger partial charge in [-0.2, -0.15) is 0 Å². The van der Waals surface area contributed by atoms with E-state index in [0.717, 1.165) is 16.5 Å². The Hall–Kier alpha value is -2.00. The maximum Gasteiger partial charge on any atom is 0.131 e. The van der Waals surface area contributed by atoms with E-state index in [2.05, 4.69) is 4.99 Å². The van der Waals surface area contributed by atoms with Crippen LogP contribution in [0.3, 0.4) is 0 Å². The zero-order valence-corrected chi connectivity index (χ0v) is 10.6. The summed E-state index contributed by atoms with van der Waals surface area (Å²) in [5, 5.41) is 11.8. The van der Waals surface area contributed by atoms with Crippen molar-refractivity contribution in [3.63, 3.8) is 0 Å². The summed E-state index contributed by atoms with van der Waals surface area (Å²) in [6.45, 7) is 1.92. The third-order valence-electron chi connectivity index (χ3n) is 3.51. The molecule has 0 radical (unpaired) electrons. The highest BCUT2D eigenvalue weighted by Gasteiger charge is 2.20. The molecule has 2 aromatic rings. The van der Waals surface area contributed by atoms with Crippen LogP contribution < -0.4 is 0 Å². The van der Waals surface area contributed by atoms with Gasteiger partial charge in [0.2, 0.25) is 0 Å². The highest BCUT2D eigenvalue weighted by Crippen LogP contribution is 2.31. The van der Waals surface area contributed by atoms with Crippen LogP contribution in [-0.4, -0.2) is 10.8 Å². The van der Waals surface area contributed by atoms with Crippen molar-refractivity contribution < 1.29 is 9.50 Å². The Labute approximate surface area is 110 Å². The third kappa shape index (κ3) is 1.96. The average molecular weight is 255 g/mol. The highest BCUT2D eigenvalue weighted by molar-refractivity contribution is 5.98. The molecule has 1 heterocycles. The van der Waals surface area contributed by atoms with E-state index >= 15 is 0 Å². The van der Waals surface area contributed by atoms with Gasteiger partial charge in [0.15, 0.2) is 0 Å². The summed E-state index contributed by atoms with van der Waals surface area (Å²) in [6.07, 6.45) is 3.46. The summed E-state index contributed by atoms with van der Waals surface area (Å²) >= 11 is 0. The molecule has 0 spiro atoms. The Morgan fingerprint density at radius 2 is 2.11 bits per heavy atom. The van der Waals surface area contributed by atoms with Crippen LogP contribution in [0.25, 0.3) is 10.8 Å². The minimum absolute atomic E-state index is 0.263. The number of rotatable bonds is 2. The zero-order chi connectivity index (χ0) is 13.4. The minimum atomic E-state index is -0.779. The Bertz CT molecular complexity index is 703. The number of hydrogen-bond donors (Lipinski definition) is 1. The summed E-state index contributed by atoms with van der Waals surface area (Å²) < 4.78 is 13.9. The van der Waals surface area contributed by atoms with Crippen molar-refractivity contribution in [2.45, 2.75) is 19.4 Å². The average Bonchev–Trinajstić information content (AvgIpc) is 2.93. The minimum Gasteiger partial charge on any atom is -0.382 e. The van der Waals surface area contributed by atoms with E-state index in [-0.39, 0.29) is 5.82 Å². The molecule has 2 aromatic carbocycles. The maximum atomic E-state index is 13.9. The lowest BCUT2D eigenvalue weighted by molar-refractivity contribution is 0.247. The van der Waals surface area contributed by atoms with E-state index in [1.807, 2.05) is 25.1 Å². The Kier molecular flexibility index (Phi) is 2.91. The summed E-state index contributed by atoms with van der Waals surface area (Å²) in [5.74, 6) is -0.263. The van der Waals surface area contributed by atoms with E-state index < -0.39 is 6.10 Å². The molecule has 96 valence electrons. The number of aliphatic hydroxyl groups is 1. The van der Waals surface area contributed by atoms with Crippen LogP contribution in [-0.2, 0) is 0 Å². The second-order valence-corrected chi connectivity index (χ2v) is 4.75. The number of fused-ring (bicyclic) bond motifs is 1. The van der Waals surface area contributed by atoms with Crippen molar-refractivity contribution in [3.05, 3.63) is 59.6 Å². The molecule has 1 aliphatic rings. The molecule has 0 aliphatic carbocycles. The molecule has 1 aliphatic heterocycles. The van der Waals surface area contributed by atoms with Gasteiger partial charge in [0.25, 0.3) is 0 Å². The second-order valence-electron chi connectivity index (χ2n) is 4.75. The van der Waals surface area contributed by atoms with Crippen LogP contribution in [0.4, 0.5) is 4.39 Å². The fourth-order valence-corrected chi connectivity index (χ4v) is 2.55. The van der Waals surface area contributed by atoms with Crippen molar-refractivity contribution in [1.29, 1.82) is 0 Å². The van der Waals surface area contributed by atoms with E-state index in [4.69, 9.17) is 0 Å². The van der Waals surface area contributed by atoms with Gasteiger partial charge >= 0.3 is 0 Å². The topological polar surface area (TPSA) is 32.6 Å². The molecule has 3 rings (SSSR count). The molecule has 0 saturated carbocycles. The van der Waals surface area contributed by atoms with Crippen molar-refractivity contribution in [2.24, 2.45) is 4.99 Å². The summed E-state index contributed by atoms with van der Waals surface area (Å²) in [4.78, 5) is 4.16. The van der Waals surface area contributed by atoms with Gasteiger partial charge in [-0.05, 0) is 29.5 Å². The third-order valence-corrected chi connectivity index (χ3v) is 3.51. The zero-order valence-electron chi connectivity index (χ0n) is 10.6. The number of halogens is 1. The van der Waals surface area contributed by atoms with Gasteiger partial charge in [0.1, 0.15) is 11.9 Å².